The highest BCUT2D eigenvalue weighted by Gasteiger charge is 2.16. The molecule has 1 aliphatic rings. The van der Waals surface area contributed by atoms with Crippen LogP contribution in [0.5, 0.6) is 5.75 Å². The normalized spacial score (nSPS) is 16.1. The van der Waals surface area contributed by atoms with E-state index in [1.165, 1.54) is 5.56 Å². The molecule has 0 saturated heterocycles. The van der Waals surface area contributed by atoms with Gasteiger partial charge in [0.05, 0.1) is 6.61 Å². The molecule has 116 valence electrons. The number of benzene rings is 1. The van der Waals surface area contributed by atoms with Gasteiger partial charge in [-0.05, 0) is 38.8 Å². The molecular weight excluding hydrogens is 264 g/mol. The molecule has 2 rings (SSSR count). The second-order valence-electron chi connectivity index (χ2n) is 6.91. The number of fused-ring (bicyclic) bond motifs is 1. The maximum Gasteiger partial charge on any atom is 0.224 e. The van der Waals surface area contributed by atoms with Gasteiger partial charge in [0.25, 0.3) is 0 Å². The molecule has 0 aromatic heterocycles. The predicted octanol–water partition coefficient (Wildman–Crippen LogP) is 2.97. The van der Waals surface area contributed by atoms with Gasteiger partial charge >= 0.3 is 0 Å². The second-order valence-corrected chi connectivity index (χ2v) is 6.91. The van der Waals surface area contributed by atoms with Crippen LogP contribution in [0.2, 0.25) is 0 Å². The van der Waals surface area contributed by atoms with Crippen molar-refractivity contribution < 1.29 is 9.53 Å². The van der Waals surface area contributed by atoms with Gasteiger partial charge in [0, 0.05) is 36.2 Å². The molecule has 4 heteroatoms. The Labute approximate surface area is 127 Å². The molecule has 1 atom stereocenters. The summed E-state index contributed by atoms with van der Waals surface area (Å²) in [6.07, 6.45) is 1.38. The Kier molecular flexibility index (Phi) is 4.88. The van der Waals surface area contributed by atoms with E-state index in [9.17, 15) is 4.79 Å². The number of aryl methyl sites for hydroxylation is 1. The molecule has 1 unspecified atom stereocenters. The summed E-state index contributed by atoms with van der Waals surface area (Å²) in [4.78, 5) is 11.4. The predicted molar refractivity (Wildman–Crippen MR) is 85.8 cm³/mol. The number of hydrogen-bond acceptors (Lipinski definition) is 3. The third-order valence-corrected chi connectivity index (χ3v) is 3.49. The van der Waals surface area contributed by atoms with Gasteiger partial charge in [-0.15, -0.1) is 0 Å². The van der Waals surface area contributed by atoms with Crippen LogP contribution in [0.4, 0.5) is 5.69 Å². The monoisotopic (exact) mass is 290 g/mol. The Bertz CT molecular complexity index is 506. The Hall–Kier alpha value is -1.55. The van der Waals surface area contributed by atoms with E-state index in [1.807, 2.05) is 18.2 Å². The van der Waals surface area contributed by atoms with Crippen LogP contribution < -0.4 is 15.4 Å². The van der Waals surface area contributed by atoms with Crippen molar-refractivity contribution in [1.82, 2.24) is 5.32 Å². The average Bonchev–Trinajstić information content (AvgIpc) is 2.41. The molecule has 0 radical (unpaired) electrons. The first-order valence-electron chi connectivity index (χ1n) is 7.64. The van der Waals surface area contributed by atoms with Crippen LogP contribution in [0.15, 0.2) is 18.2 Å². The molecule has 21 heavy (non-hydrogen) atoms. The van der Waals surface area contributed by atoms with E-state index in [2.05, 4.69) is 38.3 Å². The minimum Gasteiger partial charge on any atom is -0.493 e. The zero-order valence-corrected chi connectivity index (χ0v) is 13.5. The van der Waals surface area contributed by atoms with Crippen molar-refractivity contribution in [3.63, 3.8) is 0 Å². The Morgan fingerprint density at radius 3 is 2.81 bits per heavy atom. The highest BCUT2D eigenvalue weighted by atomic mass is 16.5. The second kappa shape index (κ2) is 6.48. The Morgan fingerprint density at radius 2 is 2.10 bits per heavy atom. The van der Waals surface area contributed by atoms with Gasteiger partial charge in [0.2, 0.25) is 5.91 Å². The highest BCUT2D eigenvalue weighted by Crippen LogP contribution is 2.27. The van der Waals surface area contributed by atoms with Gasteiger partial charge in [-0.2, -0.15) is 0 Å². The summed E-state index contributed by atoms with van der Waals surface area (Å²) >= 11 is 0. The van der Waals surface area contributed by atoms with E-state index in [0.29, 0.717) is 18.9 Å². The molecule has 1 aromatic carbocycles. The van der Waals surface area contributed by atoms with Crippen molar-refractivity contribution >= 4 is 11.6 Å². The topological polar surface area (TPSA) is 50.4 Å². The molecule has 1 aliphatic heterocycles. The van der Waals surface area contributed by atoms with Crippen LogP contribution in [-0.2, 0) is 11.2 Å². The largest absolute Gasteiger partial charge is 0.493 e. The van der Waals surface area contributed by atoms with Crippen molar-refractivity contribution in [2.75, 3.05) is 18.5 Å². The highest BCUT2D eigenvalue weighted by molar-refractivity contribution is 5.94. The Morgan fingerprint density at radius 1 is 1.33 bits per heavy atom. The van der Waals surface area contributed by atoms with Crippen molar-refractivity contribution in [3.05, 3.63) is 23.8 Å². The molecule has 4 nitrogen and oxygen atoms in total. The minimum atomic E-state index is 0.0856. The summed E-state index contributed by atoms with van der Waals surface area (Å²) in [6, 6.07) is 5.96. The van der Waals surface area contributed by atoms with E-state index in [4.69, 9.17) is 4.74 Å². The van der Waals surface area contributed by atoms with E-state index in [-0.39, 0.29) is 11.4 Å². The summed E-state index contributed by atoms with van der Waals surface area (Å²) in [5.74, 6) is 1.33. The van der Waals surface area contributed by atoms with E-state index in [1.54, 1.807) is 0 Å². The third kappa shape index (κ3) is 5.05. The van der Waals surface area contributed by atoms with Gasteiger partial charge in [-0.1, -0.05) is 13.0 Å². The maximum atomic E-state index is 11.4. The summed E-state index contributed by atoms with van der Waals surface area (Å²) in [6.45, 7) is 10.2. The number of anilines is 1. The zero-order valence-electron chi connectivity index (χ0n) is 13.5. The average molecular weight is 290 g/mol. The number of nitrogens with one attached hydrogen (secondary N) is 2. The molecule has 2 N–H and O–H groups in total. The Balaban J connectivity index is 1.86. The summed E-state index contributed by atoms with van der Waals surface area (Å²) in [5, 5.41) is 6.38. The third-order valence-electron chi connectivity index (χ3n) is 3.49. The fourth-order valence-electron chi connectivity index (χ4n) is 2.22. The summed E-state index contributed by atoms with van der Waals surface area (Å²) < 4.78 is 5.84. The lowest BCUT2D eigenvalue weighted by Gasteiger charge is -2.23. The van der Waals surface area contributed by atoms with Crippen molar-refractivity contribution in [3.8, 4) is 5.75 Å². The smallest absolute Gasteiger partial charge is 0.224 e. The van der Waals surface area contributed by atoms with Crippen LogP contribution in [0.1, 0.15) is 39.7 Å². The van der Waals surface area contributed by atoms with Gasteiger partial charge in [-0.3, -0.25) is 4.79 Å². The van der Waals surface area contributed by atoms with Crippen LogP contribution >= 0.6 is 0 Å². The molecule has 0 aliphatic carbocycles. The zero-order chi connectivity index (χ0) is 15.5. The fraction of sp³-hybridized carbons (Fsp3) is 0.588. The number of ether oxygens (including phenoxy) is 1. The standard InChI is InChI=1S/C17H26N2O2/c1-12(10-18-17(2,3)4)11-21-14-7-5-13-6-8-16(20)19-15(13)9-14/h5,7,9,12,18H,6,8,10-11H2,1-4H3,(H,19,20). The lowest BCUT2D eigenvalue weighted by molar-refractivity contribution is -0.116. The lowest BCUT2D eigenvalue weighted by Crippen LogP contribution is -2.39. The first kappa shape index (κ1) is 15.8. The van der Waals surface area contributed by atoms with Gasteiger partial charge in [0.15, 0.2) is 0 Å². The quantitative estimate of drug-likeness (QED) is 0.876. The molecular formula is C17H26N2O2. The summed E-state index contributed by atoms with van der Waals surface area (Å²) in [5.41, 5.74) is 2.21. The van der Waals surface area contributed by atoms with Gasteiger partial charge in [-0.25, -0.2) is 0 Å². The number of hydrogen-bond donors (Lipinski definition) is 2. The van der Waals surface area contributed by atoms with Gasteiger partial charge in [0.1, 0.15) is 5.75 Å². The molecule has 0 fully saturated rings. The molecule has 0 spiro atoms. The van der Waals surface area contributed by atoms with Crippen LogP contribution in [0, 0.1) is 5.92 Å². The lowest BCUT2D eigenvalue weighted by atomic mass is 10.0. The molecule has 0 bridgehead atoms. The van der Waals surface area contributed by atoms with Crippen molar-refractivity contribution in [1.29, 1.82) is 0 Å². The van der Waals surface area contributed by atoms with E-state index < -0.39 is 0 Å². The minimum absolute atomic E-state index is 0.0856. The van der Waals surface area contributed by atoms with E-state index in [0.717, 1.165) is 24.4 Å². The SMILES string of the molecule is CC(CNC(C)(C)C)COc1ccc2c(c1)NC(=O)CC2. The van der Waals surface area contributed by atoms with Gasteiger partial charge < -0.3 is 15.4 Å². The summed E-state index contributed by atoms with van der Waals surface area (Å²) in [7, 11) is 0. The van der Waals surface area contributed by atoms with Crippen molar-refractivity contribution in [2.45, 2.75) is 46.1 Å². The molecule has 1 amide bonds. The number of carbonyl (C=O) groups is 1. The van der Waals surface area contributed by atoms with Crippen LogP contribution in [0.3, 0.4) is 0 Å². The molecule has 1 heterocycles. The molecule has 1 aromatic rings. The fourth-order valence-corrected chi connectivity index (χ4v) is 2.22. The number of rotatable bonds is 5. The first-order chi connectivity index (χ1) is 9.83. The van der Waals surface area contributed by atoms with Crippen LogP contribution in [-0.4, -0.2) is 24.6 Å². The molecule has 0 saturated carbocycles. The van der Waals surface area contributed by atoms with Crippen molar-refractivity contribution in [2.24, 2.45) is 5.92 Å². The van der Waals surface area contributed by atoms with E-state index >= 15 is 0 Å². The maximum absolute atomic E-state index is 11.4. The number of carbonyl (C=O) groups excluding carboxylic acids is 1. The van der Waals surface area contributed by atoms with Crippen LogP contribution in [0.25, 0.3) is 0 Å². The number of amides is 1. The first-order valence-corrected chi connectivity index (χ1v) is 7.64.